The number of halogens is 1. The summed E-state index contributed by atoms with van der Waals surface area (Å²) in [6.45, 7) is 13.7. The molecule has 1 unspecified atom stereocenters. The summed E-state index contributed by atoms with van der Waals surface area (Å²) in [5.74, 6) is 0.456. The van der Waals surface area contributed by atoms with Gasteiger partial charge >= 0.3 is 0 Å². The van der Waals surface area contributed by atoms with E-state index >= 15 is 0 Å². The molecule has 0 bridgehead atoms. The first-order chi connectivity index (χ1) is 9.73. The van der Waals surface area contributed by atoms with Crippen LogP contribution in [0.3, 0.4) is 0 Å². The Kier molecular flexibility index (Phi) is 6.62. The first-order valence-corrected chi connectivity index (χ1v) is 7.68. The van der Waals surface area contributed by atoms with E-state index in [0.29, 0.717) is 30.0 Å². The Morgan fingerprint density at radius 2 is 1.71 bits per heavy atom. The van der Waals surface area contributed by atoms with Gasteiger partial charge in [-0.2, -0.15) is 0 Å². The summed E-state index contributed by atoms with van der Waals surface area (Å²) in [6, 6.07) is 3.91. The van der Waals surface area contributed by atoms with E-state index in [0.717, 1.165) is 12.1 Å². The minimum atomic E-state index is -0.249. The number of rotatable bonds is 7. The van der Waals surface area contributed by atoms with Crippen LogP contribution in [-0.4, -0.2) is 30.1 Å². The largest absolute Gasteiger partial charge is 0.492 e. The zero-order valence-electron chi connectivity index (χ0n) is 14.1. The molecule has 0 aliphatic carbocycles. The summed E-state index contributed by atoms with van der Waals surface area (Å²) < 4.78 is 19.5. The summed E-state index contributed by atoms with van der Waals surface area (Å²) in [7, 11) is 0. The van der Waals surface area contributed by atoms with E-state index < -0.39 is 0 Å². The molecule has 0 saturated carbocycles. The van der Waals surface area contributed by atoms with Crippen molar-refractivity contribution in [3.63, 3.8) is 0 Å². The second kappa shape index (κ2) is 7.76. The quantitative estimate of drug-likeness (QED) is 0.834. The zero-order valence-corrected chi connectivity index (χ0v) is 14.1. The maximum absolute atomic E-state index is 13.7. The molecule has 4 heteroatoms. The van der Waals surface area contributed by atoms with Crippen LogP contribution < -0.4 is 10.5 Å². The standard InChI is InChI=1S/C17H29FN2O/c1-11(2)20(12(3)4)7-8-21-17-9-13(5)16(18)10-15(17)14(6)19/h9-12,14H,7-8,19H2,1-6H3. The van der Waals surface area contributed by atoms with Crippen molar-refractivity contribution in [3.05, 3.63) is 29.1 Å². The third-order valence-corrected chi connectivity index (χ3v) is 3.72. The highest BCUT2D eigenvalue weighted by atomic mass is 19.1. The highest BCUT2D eigenvalue weighted by molar-refractivity contribution is 5.39. The Morgan fingerprint density at radius 1 is 1.14 bits per heavy atom. The molecule has 1 aromatic rings. The fraction of sp³-hybridized carbons (Fsp3) is 0.647. The third kappa shape index (κ3) is 4.97. The molecule has 2 N–H and O–H groups in total. The van der Waals surface area contributed by atoms with Crippen molar-refractivity contribution in [1.82, 2.24) is 4.90 Å². The smallest absolute Gasteiger partial charge is 0.126 e. The average Bonchev–Trinajstić information content (AvgIpc) is 2.36. The second-order valence-electron chi connectivity index (χ2n) is 6.20. The molecule has 0 aliphatic heterocycles. The molecule has 0 aromatic heterocycles. The van der Waals surface area contributed by atoms with E-state index in [-0.39, 0.29) is 11.9 Å². The van der Waals surface area contributed by atoms with Gasteiger partial charge in [-0.05, 0) is 59.2 Å². The molecule has 0 aliphatic rings. The fourth-order valence-electron chi connectivity index (χ4n) is 2.52. The van der Waals surface area contributed by atoms with Gasteiger partial charge in [0, 0.05) is 30.2 Å². The number of nitrogens with zero attached hydrogens (tertiary/aromatic N) is 1. The SMILES string of the molecule is Cc1cc(OCCN(C(C)C)C(C)C)c(C(C)N)cc1F. The minimum absolute atomic E-state index is 0.236. The van der Waals surface area contributed by atoms with Gasteiger partial charge in [0.05, 0.1) is 0 Å². The fourth-order valence-corrected chi connectivity index (χ4v) is 2.52. The first-order valence-electron chi connectivity index (χ1n) is 7.68. The van der Waals surface area contributed by atoms with Crippen molar-refractivity contribution in [2.24, 2.45) is 5.73 Å². The molecule has 3 nitrogen and oxygen atoms in total. The van der Waals surface area contributed by atoms with Crippen molar-refractivity contribution in [2.75, 3.05) is 13.2 Å². The summed E-state index contributed by atoms with van der Waals surface area (Å²) in [6.07, 6.45) is 0. The van der Waals surface area contributed by atoms with E-state index in [1.165, 1.54) is 6.07 Å². The van der Waals surface area contributed by atoms with Crippen LogP contribution in [0, 0.1) is 12.7 Å². The van der Waals surface area contributed by atoms with E-state index in [4.69, 9.17) is 10.5 Å². The third-order valence-electron chi connectivity index (χ3n) is 3.72. The highest BCUT2D eigenvalue weighted by Gasteiger charge is 2.15. The molecule has 1 rings (SSSR count). The summed E-state index contributed by atoms with van der Waals surface area (Å²) >= 11 is 0. The molecule has 0 heterocycles. The predicted octanol–water partition coefficient (Wildman–Crippen LogP) is 3.65. The maximum Gasteiger partial charge on any atom is 0.126 e. The Hall–Kier alpha value is -1.13. The van der Waals surface area contributed by atoms with Gasteiger partial charge in [-0.1, -0.05) is 0 Å². The minimum Gasteiger partial charge on any atom is -0.492 e. The van der Waals surface area contributed by atoms with Crippen molar-refractivity contribution < 1.29 is 9.13 Å². The number of hydrogen-bond acceptors (Lipinski definition) is 3. The molecule has 0 amide bonds. The van der Waals surface area contributed by atoms with Crippen LogP contribution in [0.2, 0.25) is 0 Å². The van der Waals surface area contributed by atoms with Gasteiger partial charge in [0.25, 0.3) is 0 Å². The lowest BCUT2D eigenvalue weighted by Crippen LogP contribution is -2.39. The first kappa shape index (κ1) is 17.9. The highest BCUT2D eigenvalue weighted by Crippen LogP contribution is 2.27. The monoisotopic (exact) mass is 296 g/mol. The van der Waals surface area contributed by atoms with Crippen molar-refractivity contribution >= 4 is 0 Å². The number of ether oxygens (including phenoxy) is 1. The molecule has 21 heavy (non-hydrogen) atoms. The van der Waals surface area contributed by atoms with Crippen molar-refractivity contribution in [1.29, 1.82) is 0 Å². The number of hydrogen-bond donors (Lipinski definition) is 1. The second-order valence-corrected chi connectivity index (χ2v) is 6.20. The maximum atomic E-state index is 13.7. The zero-order chi connectivity index (χ0) is 16.2. The topological polar surface area (TPSA) is 38.5 Å². The Bertz CT molecular complexity index is 450. The summed E-state index contributed by atoms with van der Waals surface area (Å²) in [5.41, 5.74) is 7.21. The molecule has 0 fully saturated rings. The van der Waals surface area contributed by atoms with Crippen LogP contribution in [-0.2, 0) is 0 Å². The van der Waals surface area contributed by atoms with Gasteiger partial charge in [0.2, 0.25) is 0 Å². The Labute approximate surface area is 128 Å². The van der Waals surface area contributed by atoms with Crippen LogP contribution in [0.4, 0.5) is 4.39 Å². The number of nitrogens with two attached hydrogens (primary N) is 1. The van der Waals surface area contributed by atoms with E-state index in [9.17, 15) is 4.39 Å². The summed E-state index contributed by atoms with van der Waals surface area (Å²) in [4.78, 5) is 2.36. The van der Waals surface area contributed by atoms with Crippen LogP contribution in [0.1, 0.15) is 51.8 Å². The molecule has 0 saturated heterocycles. The lowest BCUT2D eigenvalue weighted by atomic mass is 10.1. The van der Waals surface area contributed by atoms with Gasteiger partial charge in [0.1, 0.15) is 18.2 Å². The van der Waals surface area contributed by atoms with E-state index in [1.807, 2.05) is 6.92 Å². The van der Waals surface area contributed by atoms with Crippen LogP contribution >= 0.6 is 0 Å². The van der Waals surface area contributed by atoms with Gasteiger partial charge < -0.3 is 10.5 Å². The van der Waals surface area contributed by atoms with Crippen LogP contribution in [0.25, 0.3) is 0 Å². The van der Waals surface area contributed by atoms with Gasteiger partial charge in [-0.15, -0.1) is 0 Å². The molecule has 0 spiro atoms. The summed E-state index contributed by atoms with van der Waals surface area (Å²) in [5, 5.41) is 0. The van der Waals surface area contributed by atoms with E-state index in [1.54, 1.807) is 13.0 Å². The molecule has 120 valence electrons. The number of benzene rings is 1. The average molecular weight is 296 g/mol. The van der Waals surface area contributed by atoms with Gasteiger partial charge in [0.15, 0.2) is 0 Å². The van der Waals surface area contributed by atoms with Gasteiger partial charge in [-0.3, -0.25) is 4.90 Å². The Morgan fingerprint density at radius 3 is 2.19 bits per heavy atom. The molecule has 1 atom stereocenters. The van der Waals surface area contributed by atoms with Crippen molar-refractivity contribution in [3.8, 4) is 5.75 Å². The molecular formula is C17H29FN2O. The Balaban J connectivity index is 2.77. The number of aryl methyl sites for hydroxylation is 1. The van der Waals surface area contributed by atoms with Crippen LogP contribution in [0.15, 0.2) is 12.1 Å². The van der Waals surface area contributed by atoms with Crippen LogP contribution in [0.5, 0.6) is 5.75 Å². The molecule has 1 aromatic carbocycles. The van der Waals surface area contributed by atoms with E-state index in [2.05, 4.69) is 32.6 Å². The molecular weight excluding hydrogens is 267 g/mol. The lowest BCUT2D eigenvalue weighted by Gasteiger charge is -2.30. The molecule has 0 radical (unpaired) electrons. The van der Waals surface area contributed by atoms with Gasteiger partial charge in [-0.25, -0.2) is 4.39 Å². The predicted molar refractivity (Wildman–Crippen MR) is 86.2 cm³/mol. The lowest BCUT2D eigenvalue weighted by molar-refractivity contribution is 0.141. The van der Waals surface area contributed by atoms with Crippen molar-refractivity contribution in [2.45, 2.75) is 59.7 Å². The normalized spacial score (nSPS) is 13.3.